The second-order valence-corrected chi connectivity index (χ2v) is 15.7. The van der Waals surface area contributed by atoms with E-state index in [1.54, 1.807) is 42.6 Å². The Labute approximate surface area is 311 Å². The van der Waals surface area contributed by atoms with E-state index < -0.39 is 32.1 Å². The molecule has 3 aromatic carbocycles. The van der Waals surface area contributed by atoms with Gasteiger partial charge in [0.15, 0.2) is 0 Å². The van der Waals surface area contributed by atoms with Crippen LogP contribution in [0.4, 0.5) is 0 Å². The zero-order chi connectivity index (χ0) is 38.1. The van der Waals surface area contributed by atoms with Crippen LogP contribution in [0.25, 0.3) is 11.0 Å². The number of nitrogens with two attached hydrogens (primary N) is 1. The average Bonchev–Trinajstić information content (AvgIpc) is 3.59. The average molecular weight is 795 g/mol. The fourth-order valence-electron chi connectivity index (χ4n) is 5.21. The second kappa shape index (κ2) is 17.9. The van der Waals surface area contributed by atoms with Crippen LogP contribution in [0.15, 0.2) is 70.8 Å². The molecule has 1 fully saturated rings. The SMILES string of the molecule is CS(=O)(=O)O.Cc1cnc2cccc(OCc3c(Cl)ccc(S(=O)(=O)N4CCC[C@H]4C(=O)NCCCNC(=O)c4ccc(C=NN)cc4)c3Cl)c2n1. The van der Waals surface area contributed by atoms with Crippen molar-refractivity contribution in [2.45, 2.75) is 43.7 Å². The lowest BCUT2D eigenvalue weighted by atomic mass is 10.1. The summed E-state index contributed by atoms with van der Waals surface area (Å²) in [5.74, 6) is 4.91. The number of hydrazone groups is 1. The van der Waals surface area contributed by atoms with Crippen molar-refractivity contribution >= 4 is 72.4 Å². The van der Waals surface area contributed by atoms with Crippen LogP contribution in [0.3, 0.4) is 0 Å². The van der Waals surface area contributed by atoms with E-state index in [9.17, 15) is 26.4 Å². The molecule has 19 heteroatoms. The molecule has 1 aliphatic rings. The maximum atomic E-state index is 13.9. The molecule has 15 nitrogen and oxygen atoms in total. The molecule has 1 aromatic heterocycles. The van der Waals surface area contributed by atoms with Gasteiger partial charge >= 0.3 is 0 Å². The zero-order valence-corrected chi connectivity index (χ0v) is 31.3. The molecule has 0 aliphatic carbocycles. The Balaban J connectivity index is 0.00000113. The standard InChI is InChI=1S/C32H33Cl2N7O5S.CH4O3S/c1-20-17-38-25-5-2-7-27(30(25)40-20)46-19-23-24(33)12-13-28(29(23)34)47(44,45)41-16-3-6-26(41)32(43)37-15-4-14-36-31(42)22-10-8-21(9-11-22)18-39-35;1-5(2,3)4/h2,5,7-13,17-18,26H,3-4,6,14-16,19,35H2,1H3,(H,36,42)(H,37,43);1H3,(H,2,3,4)/t26-;/m0./s1. The topological polar surface area (TPSA) is 223 Å². The van der Waals surface area contributed by atoms with Gasteiger partial charge in [-0.1, -0.05) is 41.4 Å². The van der Waals surface area contributed by atoms with Crippen molar-refractivity contribution in [3.05, 3.63) is 93.2 Å². The van der Waals surface area contributed by atoms with Crippen molar-refractivity contribution < 1.29 is 35.7 Å². The van der Waals surface area contributed by atoms with Crippen molar-refractivity contribution in [2.24, 2.45) is 10.9 Å². The Kier molecular flexibility index (Phi) is 13.9. The summed E-state index contributed by atoms with van der Waals surface area (Å²) in [7, 11) is -7.84. The molecule has 278 valence electrons. The molecule has 5 N–H and O–H groups in total. The summed E-state index contributed by atoms with van der Waals surface area (Å²) in [6.07, 6.45) is 5.16. The molecule has 1 saturated heterocycles. The fourth-order valence-corrected chi connectivity index (χ4v) is 7.73. The number of rotatable bonds is 12. The van der Waals surface area contributed by atoms with Crippen molar-refractivity contribution in [3.8, 4) is 5.75 Å². The number of nitrogens with zero attached hydrogens (tertiary/aromatic N) is 4. The van der Waals surface area contributed by atoms with Crippen LogP contribution in [-0.2, 0) is 31.5 Å². The highest BCUT2D eigenvalue weighted by Gasteiger charge is 2.40. The molecule has 5 rings (SSSR count). The number of carbonyl (C=O) groups is 2. The third-order valence-corrected chi connectivity index (χ3v) is 10.5. The van der Waals surface area contributed by atoms with E-state index in [4.69, 9.17) is 38.3 Å². The number of benzene rings is 3. The molecule has 0 saturated carbocycles. The van der Waals surface area contributed by atoms with E-state index in [0.717, 1.165) is 5.56 Å². The molecule has 0 bridgehead atoms. The number of aryl methyl sites for hydroxylation is 1. The minimum absolute atomic E-state index is 0.0797. The minimum Gasteiger partial charge on any atom is -0.486 e. The Morgan fingerprint density at radius 3 is 2.46 bits per heavy atom. The maximum Gasteiger partial charge on any atom is 0.261 e. The van der Waals surface area contributed by atoms with Crippen molar-refractivity contribution in [1.82, 2.24) is 24.9 Å². The predicted octanol–water partition coefficient (Wildman–Crippen LogP) is 3.71. The number of sulfonamides is 1. The summed E-state index contributed by atoms with van der Waals surface area (Å²) >= 11 is 13.1. The molecule has 52 heavy (non-hydrogen) atoms. The van der Waals surface area contributed by atoms with Gasteiger partial charge in [0.2, 0.25) is 15.9 Å². The first kappa shape index (κ1) is 40.4. The first-order chi connectivity index (χ1) is 24.6. The lowest BCUT2D eigenvalue weighted by molar-refractivity contribution is -0.124. The Hall–Kier alpha value is -4.39. The quantitative estimate of drug-likeness (QED) is 0.0532. The minimum atomic E-state index is -4.18. The van der Waals surface area contributed by atoms with Crippen LogP contribution in [-0.4, -0.2) is 85.6 Å². The third-order valence-electron chi connectivity index (χ3n) is 7.61. The van der Waals surface area contributed by atoms with Gasteiger partial charge in [-0.15, -0.1) is 0 Å². The number of aromatic nitrogens is 2. The number of nitrogens with one attached hydrogen (secondary N) is 2. The van der Waals surface area contributed by atoms with E-state index in [2.05, 4.69) is 25.7 Å². The Bertz CT molecular complexity index is 2160. The summed E-state index contributed by atoms with van der Waals surface area (Å²) < 4.78 is 60.8. The summed E-state index contributed by atoms with van der Waals surface area (Å²) in [6, 6.07) is 14.0. The number of halogens is 2. The Morgan fingerprint density at radius 1 is 1.08 bits per heavy atom. The summed E-state index contributed by atoms with van der Waals surface area (Å²) in [5, 5.41) is 9.20. The van der Waals surface area contributed by atoms with Crippen molar-refractivity contribution in [2.75, 3.05) is 25.9 Å². The van der Waals surface area contributed by atoms with Crippen LogP contribution >= 0.6 is 23.2 Å². The van der Waals surface area contributed by atoms with E-state index in [0.29, 0.717) is 60.1 Å². The van der Waals surface area contributed by atoms with Gasteiger partial charge in [-0.3, -0.25) is 19.1 Å². The highest BCUT2D eigenvalue weighted by atomic mass is 35.5. The van der Waals surface area contributed by atoms with Crippen LogP contribution in [0.5, 0.6) is 5.75 Å². The lowest BCUT2D eigenvalue weighted by Crippen LogP contribution is -2.46. The van der Waals surface area contributed by atoms with Gasteiger partial charge in [0.05, 0.1) is 28.7 Å². The van der Waals surface area contributed by atoms with Gasteiger partial charge in [0.25, 0.3) is 16.0 Å². The number of carbonyl (C=O) groups excluding carboxylic acids is 2. The number of hydrogen-bond acceptors (Lipinski definition) is 11. The normalized spacial score (nSPS) is 14.9. The molecular weight excluding hydrogens is 757 g/mol. The third kappa shape index (κ3) is 10.8. The smallest absolute Gasteiger partial charge is 0.261 e. The Morgan fingerprint density at radius 2 is 1.77 bits per heavy atom. The first-order valence-corrected chi connectivity index (χ1v) is 19.8. The zero-order valence-electron chi connectivity index (χ0n) is 28.1. The summed E-state index contributed by atoms with van der Waals surface area (Å²) in [5.41, 5.74) is 3.44. The van der Waals surface area contributed by atoms with Crippen LogP contribution in [0.2, 0.25) is 10.0 Å². The first-order valence-electron chi connectivity index (χ1n) is 15.8. The van der Waals surface area contributed by atoms with Crippen molar-refractivity contribution in [3.63, 3.8) is 0 Å². The van der Waals surface area contributed by atoms with E-state index >= 15 is 0 Å². The monoisotopic (exact) mass is 793 g/mol. The molecule has 4 aromatic rings. The number of amides is 2. The van der Waals surface area contributed by atoms with Crippen LogP contribution in [0.1, 0.15) is 46.4 Å². The predicted molar refractivity (Wildman–Crippen MR) is 198 cm³/mol. The van der Waals surface area contributed by atoms with Gasteiger partial charge in [-0.05, 0) is 68.1 Å². The molecule has 0 unspecified atom stereocenters. The summed E-state index contributed by atoms with van der Waals surface area (Å²) in [4.78, 5) is 34.2. The highest BCUT2D eigenvalue weighted by molar-refractivity contribution is 7.89. The van der Waals surface area contributed by atoms with Gasteiger partial charge in [0, 0.05) is 42.0 Å². The number of hydrogen-bond donors (Lipinski definition) is 4. The highest BCUT2D eigenvalue weighted by Crippen LogP contribution is 2.36. The fraction of sp³-hybridized carbons (Fsp3) is 0.303. The van der Waals surface area contributed by atoms with Crippen LogP contribution < -0.4 is 21.2 Å². The number of ether oxygens (including phenoxy) is 1. The molecular formula is C33H37Cl2N7O8S2. The van der Waals surface area contributed by atoms with Gasteiger partial charge in [-0.2, -0.15) is 17.8 Å². The number of fused-ring (bicyclic) bond motifs is 1. The maximum absolute atomic E-state index is 13.9. The molecule has 2 heterocycles. The number of para-hydroxylation sites is 1. The second-order valence-electron chi connectivity index (χ2n) is 11.6. The van der Waals surface area contributed by atoms with Gasteiger partial charge < -0.3 is 21.2 Å². The lowest BCUT2D eigenvalue weighted by Gasteiger charge is -2.24. The largest absolute Gasteiger partial charge is 0.486 e. The van der Waals surface area contributed by atoms with E-state index in [-0.39, 0.29) is 46.1 Å². The molecule has 1 aliphatic heterocycles. The van der Waals surface area contributed by atoms with E-state index in [1.165, 1.54) is 22.7 Å². The van der Waals surface area contributed by atoms with Crippen molar-refractivity contribution in [1.29, 1.82) is 0 Å². The van der Waals surface area contributed by atoms with Gasteiger partial charge in [0.1, 0.15) is 28.8 Å². The molecule has 1 atom stereocenters. The molecule has 0 radical (unpaired) electrons. The van der Waals surface area contributed by atoms with Gasteiger partial charge in [-0.25, -0.2) is 13.4 Å². The van der Waals surface area contributed by atoms with E-state index in [1.807, 2.05) is 13.0 Å². The summed E-state index contributed by atoms with van der Waals surface area (Å²) in [6.45, 7) is 2.42. The molecule has 2 amide bonds. The van der Waals surface area contributed by atoms with Crippen LogP contribution in [0, 0.1) is 6.92 Å². The molecule has 0 spiro atoms.